The molecule has 4 aromatic rings. The third kappa shape index (κ3) is 3.84. The molecule has 0 spiro atoms. The summed E-state index contributed by atoms with van der Waals surface area (Å²) in [6, 6.07) is 14.1. The lowest BCUT2D eigenvalue weighted by atomic mass is 9.91. The van der Waals surface area contributed by atoms with Gasteiger partial charge in [0.05, 0.1) is 32.4 Å². The van der Waals surface area contributed by atoms with Crippen LogP contribution in [0.1, 0.15) is 35.8 Å². The van der Waals surface area contributed by atoms with Crippen LogP contribution in [0.15, 0.2) is 47.8 Å². The molecule has 1 amide bonds. The van der Waals surface area contributed by atoms with Gasteiger partial charge in [-0.1, -0.05) is 18.2 Å². The molecule has 0 bridgehead atoms. The number of amides is 1. The Bertz CT molecular complexity index is 1280. The molecule has 164 valence electrons. The summed E-state index contributed by atoms with van der Waals surface area (Å²) >= 11 is 1.52. The number of aromatic amines is 1. The maximum Gasteiger partial charge on any atom is 0.226 e. The van der Waals surface area contributed by atoms with Crippen LogP contribution in [-0.2, 0) is 17.6 Å². The zero-order valence-electron chi connectivity index (χ0n) is 18.1. The first-order valence-electron chi connectivity index (χ1n) is 10.7. The predicted octanol–water partition coefficient (Wildman–Crippen LogP) is 5.04. The average Bonchev–Trinajstić information content (AvgIpc) is 3.44. The van der Waals surface area contributed by atoms with Gasteiger partial charge in [0, 0.05) is 27.5 Å². The number of H-pyrrole nitrogens is 1. The van der Waals surface area contributed by atoms with Gasteiger partial charge >= 0.3 is 0 Å². The number of para-hydroxylation sites is 1. The first-order chi connectivity index (χ1) is 15.7. The molecule has 0 radical (unpaired) electrons. The van der Waals surface area contributed by atoms with E-state index in [4.69, 9.17) is 9.47 Å². The zero-order chi connectivity index (χ0) is 22.1. The number of nitrogens with one attached hydrogen (secondary N) is 2. The van der Waals surface area contributed by atoms with Gasteiger partial charge in [0.15, 0.2) is 11.5 Å². The predicted molar refractivity (Wildman–Crippen MR) is 126 cm³/mol. The van der Waals surface area contributed by atoms with Crippen molar-refractivity contribution in [3.05, 3.63) is 64.8 Å². The monoisotopic (exact) mass is 447 g/mol. The molecular weight excluding hydrogens is 422 g/mol. The van der Waals surface area contributed by atoms with Crippen molar-refractivity contribution in [1.82, 2.24) is 15.3 Å². The number of fused-ring (bicyclic) bond motifs is 3. The minimum atomic E-state index is -0.00864. The van der Waals surface area contributed by atoms with Gasteiger partial charge < -0.3 is 19.8 Å². The van der Waals surface area contributed by atoms with Crippen LogP contribution in [0.25, 0.3) is 21.5 Å². The summed E-state index contributed by atoms with van der Waals surface area (Å²) in [5, 5.41) is 7.29. The van der Waals surface area contributed by atoms with Gasteiger partial charge in [0.1, 0.15) is 5.01 Å². The number of rotatable bonds is 6. The highest BCUT2D eigenvalue weighted by atomic mass is 32.1. The molecule has 0 aliphatic heterocycles. The molecular formula is C25H25N3O3S. The Morgan fingerprint density at radius 2 is 2.03 bits per heavy atom. The van der Waals surface area contributed by atoms with Crippen LogP contribution in [0.5, 0.6) is 11.5 Å². The van der Waals surface area contributed by atoms with Gasteiger partial charge in [-0.25, -0.2) is 4.98 Å². The van der Waals surface area contributed by atoms with Crippen LogP contribution >= 0.6 is 11.3 Å². The molecule has 2 aromatic heterocycles. The number of methoxy groups -OCH3 is 2. The SMILES string of the molecule is COc1ccc(-c2nc(CC(=O)NC3CCCc4c3[nH]c3ccccc43)cs2)cc1OC. The lowest BCUT2D eigenvalue weighted by Gasteiger charge is -2.23. The van der Waals surface area contributed by atoms with Gasteiger partial charge in [0.2, 0.25) is 5.91 Å². The lowest BCUT2D eigenvalue weighted by molar-refractivity contribution is -0.121. The Hall–Kier alpha value is -3.32. The van der Waals surface area contributed by atoms with Crippen molar-refractivity contribution in [2.75, 3.05) is 14.2 Å². The minimum absolute atomic E-state index is 0.00864. The number of nitrogens with zero attached hydrogens (tertiary/aromatic N) is 1. The van der Waals surface area contributed by atoms with E-state index in [9.17, 15) is 4.79 Å². The van der Waals surface area contributed by atoms with E-state index in [0.717, 1.165) is 46.7 Å². The Balaban J connectivity index is 1.30. The second-order valence-electron chi connectivity index (χ2n) is 7.97. The summed E-state index contributed by atoms with van der Waals surface area (Å²) in [6.07, 6.45) is 3.32. The van der Waals surface area contributed by atoms with Gasteiger partial charge in [-0.3, -0.25) is 4.79 Å². The summed E-state index contributed by atoms with van der Waals surface area (Å²) in [6.45, 7) is 0. The fourth-order valence-corrected chi connectivity index (χ4v) is 5.28. The number of thiazole rings is 1. The maximum absolute atomic E-state index is 12.8. The molecule has 6 nitrogen and oxygen atoms in total. The van der Waals surface area contributed by atoms with Crippen LogP contribution in [0.2, 0.25) is 0 Å². The lowest BCUT2D eigenvalue weighted by Crippen LogP contribution is -2.32. The Morgan fingerprint density at radius 3 is 2.88 bits per heavy atom. The van der Waals surface area contributed by atoms with Crippen molar-refractivity contribution in [1.29, 1.82) is 0 Å². The smallest absolute Gasteiger partial charge is 0.226 e. The van der Waals surface area contributed by atoms with Crippen LogP contribution in [0.3, 0.4) is 0 Å². The Labute approximate surface area is 190 Å². The van der Waals surface area contributed by atoms with E-state index < -0.39 is 0 Å². The standard InChI is InChI=1S/C25H25N3O3S/c1-30-21-11-10-15(12-22(21)31-2)25-26-16(14-32-25)13-23(29)27-20-9-5-7-18-17-6-3-4-8-19(17)28-24(18)20/h3-4,6,8,10-12,14,20,28H,5,7,9,13H2,1-2H3,(H,27,29). The number of ether oxygens (including phenoxy) is 2. The molecule has 0 saturated carbocycles. The first kappa shape index (κ1) is 20.6. The quantitative estimate of drug-likeness (QED) is 0.434. The van der Waals surface area contributed by atoms with E-state index in [-0.39, 0.29) is 18.4 Å². The van der Waals surface area contributed by atoms with Gasteiger partial charge in [-0.05, 0) is 49.1 Å². The van der Waals surface area contributed by atoms with Crippen molar-refractivity contribution >= 4 is 28.1 Å². The Morgan fingerprint density at radius 1 is 1.19 bits per heavy atom. The molecule has 1 aliphatic rings. The number of hydrogen-bond acceptors (Lipinski definition) is 5. The highest BCUT2D eigenvalue weighted by Gasteiger charge is 2.25. The summed E-state index contributed by atoms with van der Waals surface area (Å²) in [7, 11) is 3.23. The number of aryl methyl sites for hydroxylation is 1. The fraction of sp³-hybridized carbons (Fsp3) is 0.280. The van der Waals surface area contributed by atoms with Gasteiger partial charge in [0.25, 0.3) is 0 Å². The zero-order valence-corrected chi connectivity index (χ0v) is 18.9. The second-order valence-corrected chi connectivity index (χ2v) is 8.82. The summed E-state index contributed by atoms with van der Waals surface area (Å²) in [5.41, 5.74) is 5.33. The molecule has 0 fully saturated rings. The van der Waals surface area contributed by atoms with Crippen molar-refractivity contribution in [2.45, 2.75) is 31.7 Å². The fourth-order valence-electron chi connectivity index (χ4n) is 4.46. The molecule has 2 heterocycles. The largest absolute Gasteiger partial charge is 0.493 e. The average molecular weight is 448 g/mol. The summed E-state index contributed by atoms with van der Waals surface area (Å²) < 4.78 is 10.7. The number of aromatic nitrogens is 2. The molecule has 1 aliphatic carbocycles. The Kier molecular flexibility index (Phi) is 5.57. The van der Waals surface area contributed by atoms with Crippen LogP contribution in [0.4, 0.5) is 0 Å². The van der Waals surface area contributed by atoms with E-state index in [2.05, 4.69) is 33.5 Å². The van der Waals surface area contributed by atoms with Crippen molar-refractivity contribution in [3.63, 3.8) is 0 Å². The molecule has 0 saturated heterocycles. The van der Waals surface area contributed by atoms with Crippen LogP contribution in [0, 0.1) is 0 Å². The number of carbonyl (C=O) groups is 1. The van der Waals surface area contributed by atoms with Crippen molar-refractivity contribution in [2.24, 2.45) is 0 Å². The number of hydrogen-bond donors (Lipinski definition) is 2. The number of carbonyl (C=O) groups excluding carboxylic acids is 1. The van der Waals surface area contributed by atoms with E-state index in [1.165, 1.54) is 22.3 Å². The maximum atomic E-state index is 12.8. The molecule has 7 heteroatoms. The van der Waals surface area contributed by atoms with Crippen LogP contribution in [-0.4, -0.2) is 30.1 Å². The summed E-state index contributed by atoms with van der Waals surface area (Å²) in [5.74, 6) is 1.33. The van der Waals surface area contributed by atoms with Crippen molar-refractivity contribution < 1.29 is 14.3 Å². The molecule has 2 aromatic carbocycles. The summed E-state index contributed by atoms with van der Waals surface area (Å²) in [4.78, 5) is 21.0. The van der Waals surface area contributed by atoms with Crippen LogP contribution < -0.4 is 14.8 Å². The molecule has 5 rings (SSSR count). The van der Waals surface area contributed by atoms with E-state index in [0.29, 0.717) is 11.5 Å². The molecule has 32 heavy (non-hydrogen) atoms. The van der Waals surface area contributed by atoms with Crippen molar-refractivity contribution in [3.8, 4) is 22.1 Å². The number of benzene rings is 2. The second kappa shape index (κ2) is 8.67. The topological polar surface area (TPSA) is 76.2 Å². The molecule has 2 N–H and O–H groups in total. The molecule has 1 unspecified atom stereocenters. The normalized spacial score (nSPS) is 15.4. The van der Waals surface area contributed by atoms with Gasteiger partial charge in [-0.2, -0.15) is 0 Å². The van der Waals surface area contributed by atoms with Gasteiger partial charge in [-0.15, -0.1) is 11.3 Å². The minimum Gasteiger partial charge on any atom is -0.493 e. The third-order valence-corrected chi connectivity index (χ3v) is 6.91. The molecule has 1 atom stereocenters. The highest BCUT2D eigenvalue weighted by molar-refractivity contribution is 7.13. The third-order valence-electron chi connectivity index (χ3n) is 5.97. The van der Waals surface area contributed by atoms with E-state index in [1.54, 1.807) is 14.2 Å². The highest BCUT2D eigenvalue weighted by Crippen LogP contribution is 2.35. The van der Waals surface area contributed by atoms with E-state index >= 15 is 0 Å². The van der Waals surface area contributed by atoms with E-state index in [1.807, 2.05) is 29.6 Å². The first-order valence-corrected chi connectivity index (χ1v) is 11.6.